The molecule has 1 aliphatic carbocycles. The number of hydrogen-bond acceptors (Lipinski definition) is 4. The van der Waals surface area contributed by atoms with E-state index in [0.29, 0.717) is 5.56 Å². The molecule has 116 valence electrons. The first-order valence-corrected chi connectivity index (χ1v) is 8.57. The molecule has 0 heterocycles. The molecule has 1 aromatic rings. The summed E-state index contributed by atoms with van der Waals surface area (Å²) in [6.45, 7) is 3.48. The minimum atomic E-state index is -3.87. The van der Waals surface area contributed by atoms with Gasteiger partial charge in [0.2, 0.25) is 10.0 Å². The fraction of sp³-hybridized carbons (Fsp3) is 0.571. The highest BCUT2D eigenvalue weighted by Crippen LogP contribution is 2.28. The molecule has 6 nitrogen and oxygen atoms in total. The summed E-state index contributed by atoms with van der Waals surface area (Å²) in [7, 11) is -3.87. The van der Waals surface area contributed by atoms with Crippen molar-refractivity contribution in [2.75, 3.05) is 0 Å². The summed E-state index contributed by atoms with van der Waals surface area (Å²) < 4.78 is 27.6. The molecule has 1 aromatic carbocycles. The van der Waals surface area contributed by atoms with E-state index in [0.717, 1.165) is 37.7 Å². The van der Waals surface area contributed by atoms with E-state index in [2.05, 4.69) is 4.72 Å². The number of aryl methyl sites for hydroxylation is 2. The van der Waals surface area contributed by atoms with Crippen LogP contribution in [0.25, 0.3) is 0 Å². The van der Waals surface area contributed by atoms with Crippen molar-refractivity contribution >= 4 is 15.7 Å². The summed E-state index contributed by atoms with van der Waals surface area (Å²) in [5.41, 5.74) is 1.07. The molecule has 7 heteroatoms. The van der Waals surface area contributed by atoms with Gasteiger partial charge in [-0.05, 0) is 43.9 Å². The lowest BCUT2D eigenvalue weighted by Gasteiger charge is -2.22. The van der Waals surface area contributed by atoms with E-state index in [-0.39, 0.29) is 16.6 Å². The quantitative estimate of drug-likeness (QED) is 0.684. The maximum absolute atomic E-state index is 12.5. The SMILES string of the molecule is Cc1cc([N+](=O)[O-])c(S(=O)(=O)NC2CCCCC2)cc1C. The first kappa shape index (κ1) is 15.9. The zero-order valence-electron chi connectivity index (χ0n) is 12.3. The lowest BCUT2D eigenvalue weighted by molar-refractivity contribution is -0.387. The summed E-state index contributed by atoms with van der Waals surface area (Å²) in [5, 5.41) is 11.1. The highest BCUT2D eigenvalue weighted by molar-refractivity contribution is 7.89. The van der Waals surface area contributed by atoms with Crippen molar-refractivity contribution in [2.45, 2.75) is 56.9 Å². The molecule has 0 radical (unpaired) electrons. The van der Waals surface area contributed by atoms with Crippen molar-refractivity contribution in [2.24, 2.45) is 0 Å². The van der Waals surface area contributed by atoms with E-state index in [4.69, 9.17) is 0 Å². The van der Waals surface area contributed by atoms with Crippen LogP contribution in [0.2, 0.25) is 0 Å². The number of hydrogen-bond donors (Lipinski definition) is 1. The predicted molar refractivity (Wildman–Crippen MR) is 79.8 cm³/mol. The van der Waals surface area contributed by atoms with Crippen LogP contribution < -0.4 is 4.72 Å². The number of nitrogens with one attached hydrogen (secondary N) is 1. The Balaban J connectivity index is 2.38. The Labute approximate surface area is 124 Å². The van der Waals surface area contributed by atoms with E-state index in [1.807, 2.05) is 0 Å². The van der Waals surface area contributed by atoms with Crippen LogP contribution in [0.15, 0.2) is 17.0 Å². The lowest BCUT2D eigenvalue weighted by Crippen LogP contribution is -2.36. The van der Waals surface area contributed by atoms with Gasteiger partial charge < -0.3 is 0 Å². The Hall–Kier alpha value is -1.47. The monoisotopic (exact) mass is 312 g/mol. The standard InChI is InChI=1S/C14H20N2O4S/c1-10-8-13(16(17)18)14(9-11(10)2)21(19,20)15-12-6-4-3-5-7-12/h8-9,12,15H,3-7H2,1-2H3. The third-order valence-electron chi connectivity index (χ3n) is 3.99. The molecule has 0 saturated heterocycles. The first-order valence-electron chi connectivity index (χ1n) is 7.09. The molecule has 1 fully saturated rings. The van der Waals surface area contributed by atoms with Crippen LogP contribution in [0.5, 0.6) is 0 Å². The summed E-state index contributed by atoms with van der Waals surface area (Å²) in [4.78, 5) is 10.3. The Morgan fingerprint density at radius 1 is 1.14 bits per heavy atom. The maximum atomic E-state index is 12.5. The van der Waals surface area contributed by atoms with Crippen LogP contribution in [0.3, 0.4) is 0 Å². The molecule has 0 aromatic heterocycles. The molecule has 2 rings (SSSR count). The minimum Gasteiger partial charge on any atom is -0.258 e. The van der Waals surface area contributed by atoms with Crippen LogP contribution in [0, 0.1) is 24.0 Å². The van der Waals surface area contributed by atoms with Crippen molar-refractivity contribution in [1.82, 2.24) is 4.72 Å². The summed E-state index contributed by atoms with van der Waals surface area (Å²) in [5.74, 6) is 0. The van der Waals surface area contributed by atoms with Crippen LogP contribution in [-0.2, 0) is 10.0 Å². The minimum absolute atomic E-state index is 0.120. The van der Waals surface area contributed by atoms with Gasteiger partial charge in [0.25, 0.3) is 5.69 Å². The van der Waals surface area contributed by atoms with Gasteiger partial charge in [-0.2, -0.15) is 0 Å². The average Bonchev–Trinajstić information content (AvgIpc) is 2.41. The predicted octanol–water partition coefficient (Wildman–Crippen LogP) is 2.82. The second kappa shape index (κ2) is 6.11. The van der Waals surface area contributed by atoms with Gasteiger partial charge in [0.1, 0.15) is 0 Å². The zero-order valence-corrected chi connectivity index (χ0v) is 13.1. The van der Waals surface area contributed by atoms with Gasteiger partial charge in [-0.3, -0.25) is 10.1 Å². The lowest BCUT2D eigenvalue weighted by atomic mass is 9.96. The molecule has 1 aliphatic rings. The number of nitro groups is 1. The van der Waals surface area contributed by atoms with Gasteiger partial charge >= 0.3 is 0 Å². The summed E-state index contributed by atoms with van der Waals surface area (Å²) in [6.07, 6.45) is 4.67. The van der Waals surface area contributed by atoms with Crippen molar-refractivity contribution in [3.63, 3.8) is 0 Å². The summed E-state index contributed by atoms with van der Waals surface area (Å²) >= 11 is 0. The fourth-order valence-corrected chi connectivity index (χ4v) is 4.18. The second-order valence-electron chi connectivity index (χ2n) is 5.62. The Morgan fingerprint density at radius 2 is 1.71 bits per heavy atom. The van der Waals surface area contributed by atoms with E-state index >= 15 is 0 Å². The van der Waals surface area contributed by atoms with E-state index < -0.39 is 14.9 Å². The molecule has 0 atom stereocenters. The van der Waals surface area contributed by atoms with Gasteiger partial charge in [0.05, 0.1) is 4.92 Å². The van der Waals surface area contributed by atoms with E-state index in [1.165, 1.54) is 12.1 Å². The highest BCUT2D eigenvalue weighted by Gasteiger charge is 2.29. The number of benzene rings is 1. The Kier molecular flexibility index (Phi) is 4.63. The normalized spacial score (nSPS) is 16.9. The van der Waals surface area contributed by atoms with Crippen LogP contribution >= 0.6 is 0 Å². The Morgan fingerprint density at radius 3 is 2.29 bits per heavy atom. The molecule has 0 bridgehead atoms. The molecule has 0 unspecified atom stereocenters. The molecule has 1 saturated carbocycles. The van der Waals surface area contributed by atoms with Crippen molar-refractivity contribution in [1.29, 1.82) is 0 Å². The largest absolute Gasteiger partial charge is 0.289 e. The van der Waals surface area contributed by atoms with E-state index in [1.54, 1.807) is 13.8 Å². The van der Waals surface area contributed by atoms with Crippen molar-refractivity contribution in [3.8, 4) is 0 Å². The zero-order chi connectivity index (χ0) is 15.6. The highest BCUT2D eigenvalue weighted by atomic mass is 32.2. The Bertz CT molecular complexity index is 649. The van der Waals surface area contributed by atoms with Gasteiger partial charge in [0.15, 0.2) is 4.90 Å². The van der Waals surface area contributed by atoms with Gasteiger partial charge in [-0.25, -0.2) is 13.1 Å². The van der Waals surface area contributed by atoms with Gasteiger partial charge in [0, 0.05) is 12.1 Å². The van der Waals surface area contributed by atoms with Crippen LogP contribution in [0.1, 0.15) is 43.2 Å². The van der Waals surface area contributed by atoms with Gasteiger partial charge in [-0.1, -0.05) is 19.3 Å². The third kappa shape index (κ3) is 3.59. The summed E-state index contributed by atoms with van der Waals surface area (Å²) in [6, 6.07) is 2.59. The molecule has 1 N–H and O–H groups in total. The first-order chi connectivity index (χ1) is 9.81. The molecule has 0 spiro atoms. The molecule has 0 amide bonds. The van der Waals surface area contributed by atoms with Gasteiger partial charge in [-0.15, -0.1) is 0 Å². The molecular weight excluding hydrogens is 292 g/mol. The van der Waals surface area contributed by atoms with Crippen LogP contribution in [-0.4, -0.2) is 19.4 Å². The third-order valence-corrected chi connectivity index (χ3v) is 5.54. The smallest absolute Gasteiger partial charge is 0.258 e. The number of sulfonamides is 1. The van der Waals surface area contributed by atoms with Crippen LogP contribution in [0.4, 0.5) is 5.69 Å². The van der Waals surface area contributed by atoms with Crippen molar-refractivity contribution < 1.29 is 13.3 Å². The number of nitrogens with zero attached hydrogens (tertiary/aromatic N) is 1. The molecule has 0 aliphatic heterocycles. The van der Waals surface area contributed by atoms with E-state index in [9.17, 15) is 18.5 Å². The number of rotatable bonds is 4. The van der Waals surface area contributed by atoms with Crippen molar-refractivity contribution in [3.05, 3.63) is 33.4 Å². The second-order valence-corrected chi connectivity index (χ2v) is 7.30. The topological polar surface area (TPSA) is 89.3 Å². The average molecular weight is 312 g/mol. The molecular formula is C14H20N2O4S. The maximum Gasteiger partial charge on any atom is 0.289 e. The number of nitro benzene ring substituents is 1. The fourth-order valence-electron chi connectivity index (χ4n) is 2.64. The molecule has 21 heavy (non-hydrogen) atoms.